The number of hydrogen-bond acceptors (Lipinski definition) is 3. The summed E-state index contributed by atoms with van der Waals surface area (Å²) in [7, 11) is 2.06. The third-order valence-corrected chi connectivity index (χ3v) is 4.04. The Labute approximate surface area is 116 Å². The number of rotatable bonds is 4. The number of nitrogens with zero attached hydrogens (tertiary/aromatic N) is 1. The largest absolute Gasteiger partial charge is 0.489 e. The maximum absolute atomic E-state index is 5.92. The number of benzene rings is 1. The van der Waals surface area contributed by atoms with Gasteiger partial charge in [0.1, 0.15) is 5.75 Å². The van der Waals surface area contributed by atoms with Gasteiger partial charge in [0.15, 0.2) is 0 Å². The fraction of sp³-hybridized carbons (Fsp3) is 0.625. The van der Waals surface area contributed by atoms with E-state index in [2.05, 4.69) is 56.2 Å². The van der Waals surface area contributed by atoms with E-state index in [4.69, 9.17) is 4.74 Å². The van der Waals surface area contributed by atoms with Gasteiger partial charge in [-0.05, 0) is 52.8 Å². The van der Waals surface area contributed by atoms with Gasteiger partial charge in [0, 0.05) is 18.6 Å². The first-order valence-corrected chi connectivity index (χ1v) is 7.24. The Morgan fingerprint density at radius 3 is 2.42 bits per heavy atom. The zero-order valence-corrected chi connectivity index (χ0v) is 12.6. The lowest BCUT2D eigenvalue weighted by Crippen LogP contribution is -2.50. The van der Waals surface area contributed by atoms with Crippen molar-refractivity contribution in [2.75, 3.05) is 25.0 Å². The fourth-order valence-electron chi connectivity index (χ4n) is 2.56. The molecule has 0 aliphatic carbocycles. The normalized spacial score (nSPS) is 18.7. The number of hydrogen-bond donors (Lipinski definition) is 1. The first-order valence-electron chi connectivity index (χ1n) is 7.24. The molecule has 3 heteroatoms. The van der Waals surface area contributed by atoms with E-state index in [1.807, 2.05) is 6.07 Å². The van der Waals surface area contributed by atoms with Crippen molar-refractivity contribution in [3.8, 4) is 5.75 Å². The van der Waals surface area contributed by atoms with Crippen LogP contribution in [0.3, 0.4) is 0 Å². The lowest BCUT2D eigenvalue weighted by Gasteiger charge is -2.40. The SMILES string of the molecule is CNC1(C)CCN(c2ccccc2OC(C)C)CC1. The first kappa shape index (κ1) is 14.2. The van der Waals surface area contributed by atoms with Gasteiger partial charge in [-0.3, -0.25) is 0 Å². The molecule has 106 valence electrons. The molecule has 2 rings (SSSR count). The van der Waals surface area contributed by atoms with Crippen LogP contribution in [-0.4, -0.2) is 31.8 Å². The van der Waals surface area contributed by atoms with Gasteiger partial charge in [-0.25, -0.2) is 0 Å². The molecule has 0 spiro atoms. The summed E-state index contributed by atoms with van der Waals surface area (Å²) in [5.74, 6) is 1.01. The molecule has 1 saturated heterocycles. The molecule has 1 aromatic carbocycles. The van der Waals surface area contributed by atoms with E-state index in [-0.39, 0.29) is 11.6 Å². The van der Waals surface area contributed by atoms with Crippen LogP contribution in [0.25, 0.3) is 0 Å². The number of nitrogens with one attached hydrogen (secondary N) is 1. The summed E-state index contributed by atoms with van der Waals surface area (Å²) >= 11 is 0. The van der Waals surface area contributed by atoms with Crippen molar-refractivity contribution in [3.63, 3.8) is 0 Å². The molecule has 0 saturated carbocycles. The number of para-hydroxylation sites is 2. The van der Waals surface area contributed by atoms with Gasteiger partial charge in [0.2, 0.25) is 0 Å². The minimum Gasteiger partial charge on any atom is -0.489 e. The zero-order valence-electron chi connectivity index (χ0n) is 12.6. The summed E-state index contributed by atoms with van der Waals surface area (Å²) in [4.78, 5) is 2.44. The van der Waals surface area contributed by atoms with Gasteiger partial charge in [-0.2, -0.15) is 0 Å². The van der Waals surface area contributed by atoms with Crippen molar-refractivity contribution in [2.45, 2.75) is 45.3 Å². The predicted octanol–water partition coefficient (Wildman–Crippen LogP) is 3.05. The lowest BCUT2D eigenvalue weighted by atomic mass is 9.89. The second kappa shape index (κ2) is 5.83. The highest BCUT2D eigenvalue weighted by Gasteiger charge is 2.29. The summed E-state index contributed by atoms with van der Waals surface area (Å²) in [6.07, 6.45) is 2.55. The molecule has 1 N–H and O–H groups in total. The Morgan fingerprint density at radius 2 is 1.84 bits per heavy atom. The smallest absolute Gasteiger partial charge is 0.142 e. The maximum Gasteiger partial charge on any atom is 0.142 e. The van der Waals surface area contributed by atoms with Crippen LogP contribution in [0.15, 0.2) is 24.3 Å². The molecule has 0 radical (unpaired) electrons. The predicted molar refractivity (Wildman–Crippen MR) is 81.1 cm³/mol. The molecule has 0 bridgehead atoms. The van der Waals surface area contributed by atoms with E-state index in [1.54, 1.807) is 0 Å². The lowest BCUT2D eigenvalue weighted by molar-refractivity contribution is 0.241. The Kier molecular flexibility index (Phi) is 4.35. The highest BCUT2D eigenvalue weighted by molar-refractivity contribution is 5.58. The van der Waals surface area contributed by atoms with Crippen LogP contribution in [0.1, 0.15) is 33.6 Å². The molecule has 1 aromatic rings. The van der Waals surface area contributed by atoms with Crippen LogP contribution in [-0.2, 0) is 0 Å². The number of ether oxygens (including phenoxy) is 1. The third-order valence-electron chi connectivity index (χ3n) is 4.04. The number of anilines is 1. The zero-order chi connectivity index (χ0) is 13.9. The van der Waals surface area contributed by atoms with Crippen LogP contribution < -0.4 is 15.0 Å². The molecular formula is C16H26N2O. The summed E-state index contributed by atoms with van der Waals surface area (Å²) in [5, 5.41) is 3.44. The van der Waals surface area contributed by atoms with Crippen molar-refractivity contribution < 1.29 is 4.74 Å². The summed E-state index contributed by atoms with van der Waals surface area (Å²) < 4.78 is 5.92. The standard InChI is InChI=1S/C16H26N2O/c1-13(2)19-15-8-6-5-7-14(15)18-11-9-16(3,17-4)10-12-18/h5-8,13,17H,9-12H2,1-4H3. The van der Waals surface area contributed by atoms with E-state index >= 15 is 0 Å². The maximum atomic E-state index is 5.92. The minimum atomic E-state index is 0.216. The van der Waals surface area contributed by atoms with E-state index in [9.17, 15) is 0 Å². The number of piperidine rings is 1. The van der Waals surface area contributed by atoms with Gasteiger partial charge in [-0.15, -0.1) is 0 Å². The molecule has 0 amide bonds. The average Bonchev–Trinajstić information content (AvgIpc) is 2.40. The van der Waals surface area contributed by atoms with Crippen molar-refractivity contribution in [2.24, 2.45) is 0 Å². The van der Waals surface area contributed by atoms with Crippen LogP contribution >= 0.6 is 0 Å². The summed E-state index contributed by atoms with van der Waals surface area (Å²) in [6, 6.07) is 8.37. The van der Waals surface area contributed by atoms with E-state index in [0.717, 1.165) is 18.8 Å². The Morgan fingerprint density at radius 1 is 1.21 bits per heavy atom. The second-order valence-electron chi connectivity index (χ2n) is 5.93. The van der Waals surface area contributed by atoms with Crippen LogP contribution in [0.5, 0.6) is 5.75 Å². The molecule has 0 atom stereocenters. The topological polar surface area (TPSA) is 24.5 Å². The van der Waals surface area contributed by atoms with Crippen LogP contribution in [0.2, 0.25) is 0 Å². The van der Waals surface area contributed by atoms with Crippen molar-refractivity contribution in [1.82, 2.24) is 5.32 Å². The monoisotopic (exact) mass is 262 g/mol. The van der Waals surface area contributed by atoms with Gasteiger partial charge >= 0.3 is 0 Å². The van der Waals surface area contributed by atoms with Gasteiger partial charge < -0.3 is 15.0 Å². The van der Waals surface area contributed by atoms with Crippen molar-refractivity contribution in [1.29, 1.82) is 0 Å². The molecule has 3 nitrogen and oxygen atoms in total. The Bertz CT molecular complexity index is 409. The third kappa shape index (κ3) is 3.41. The molecule has 1 heterocycles. The fourth-order valence-corrected chi connectivity index (χ4v) is 2.56. The molecule has 1 aliphatic rings. The quantitative estimate of drug-likeness (QED) is 0.902. The Balaban J connectivity index is 2.11. The Hall–Kier alpha value is -1.22. The molecule has 0 aromatic heterocycles. The summed E-state index contributed by atoms with van der Waals surface area (Å²) in [6.45, 7) is 8.61. The first-order chi connectivity index (χ1) is 9.04. The molecule has 19 heavy (non-hydrogen) atoms. The van der Waals surface area contributed by atoms with Gasteiger partial charge in [0.05, 0.1) is 11.8 Å². The molecular weight excluding hydrogens is 236 g/mol. The van der Waals surface area contributed by atoms with Crippen LogP contribution in [0.4, 0.5) is 5.69 Å². The van der Waals surface area contributed by atoms with E-state index < -0.39 is 0 Å². The minimum absolute atomic E-state index is 0.216. The van der Waals surface area contributed by atoms with Gasteiger partial charge in [-0.1, -0.05) is 12.1 Å². The van der Waals surface area contributed by atoms with Crippen molar-refractivity contribution >= 4 is 5.69 Å². The average molecular weight is 262 g/mol. The highest BCUT2D eigenvalue weighted by Crippen LogP contribution is 2.32. The van der Waals surface area contributed by atoms with E-state index in [1.165, 1.54) is 18.5 Å². The molecule has 1 fully saturated rings. The summed E-state index contributed by atoms with van der Waals surface area (Å²) in [5.41, 5.74) is 1.51. The highest BCUT2D eigenvalue weighted by atomic mass is 16.5. The molecule has 0 unspecified atom stereocenters. The van der Waals surface area contributed by atoms with Gasteiger partial charge in [0.25, 0.3) is 0 Å². The van der Waals surface area contributed by atoms with E-state index in [0.29, 0.717) is 0 Å². The van der Waals surface area contributed by atoms with Crippen molar-refractivity contribution in [3.05, 3.63) is 24.3 Å². The van der Waals surface area contributed by atoms with Crippen LogP contribution in [0, 0.1) is 0 Å². The second-order valence-corrected chi connectivity index (χ2v) is 5.93. The molecule has 1 aliphatic heterocycles.